The minimum atomic E-state index is -0.234. The molecule has 0 aliphatic heterocycles. The second-order valence-electron chi connectivity index (χ2n) is 3.84. The molecule has 0 aromatic heterocycles. The molecule has 1 rings (SSSR count). The highest BCUT2D eigenvalue weighted by atomic mass is 79.9. The summed E-state index contributed by atoms with van der Waals surface area (Å²) in [6, 6.07) is 4.92. The van der Waals surface area contributed by atoms with Crippen LogP contribution in [0.4, 0.5) is 4.39 Å². The standard InChI is InChI=1S/C12H17BrFNO/c1-3-10(7-16)15-8(2)11-5-4-9(13)6-12(11)14/h4-6,8,10,15-16H,3,7H2,1-2H3/t8?,10-/m0/s1. The van der Waals surface area contributed by atoms with Gasteiger partial charge in [0.1, 0.15) is 5.82 Å². The Bertz CT molecular complexity index is 342. The van der Waals surface area contributed by atoms with E-state index in [4.69, 9.17) is 5.11 Å². The smallest absolute Gasteiger partial charge is 0.129 e. The quantitative estimate of drug-likeness (QED) is 0.873. The van der Waals surface area contributed by atoms with Gasteiger partial charge < -0.3 is 10.4 Å². The van der Waals surface area contributed by atoms with Crippen LogP contribution in [0.3, 0.4) is 0 Å². The van der Waals surface area contributed by atoms with Crippen LogP contribution in [-0.2, 0) is 0 Å². The van der Waals surface area contributed by atoms with Crippen molar-refractivity contribution in [1.29, 1.82) is 0 Å². The first-order chi connectivity index (χ1) is 7.58. The summed E-state index contributed by atoms with van der Waals surface area (Å²) in [6.07, 6.45) is 0.818. The van der Waals surface area contributed by atoms with Gasteiger partial charge in [-0.2, -0.15) is 0 Å². The number of nitrogens with one attached hydrogen (secondary N) is 1. The maximum absolute atomic E-state index is 13.6. The predicted octanol–water partition coefficient (Wildman–Crippen LogP) is 3.01. The summed E-state index contributed by atoms with van der Waals surface area (Å²) in [4.78, 5) is 0. The van der Waals surface area contributed by atoms with E-state index in [0.29, 0.717) is 5.56 Å². The van der Waals surface area contributed by atoms with Gasteiger partial charge >= 0.3 is 0 Å². The summed E-state index contributed by atoms with van der Waals surface area (Å²) < 4.78 is 14.4. The van der Waals surface area contributed by atoms with Crippen molar-refractivity contribution >= 4 is 15.9 Å². The van der Waals surface area contributed by atoms with Crippen molar-refractivity contribution in [3.63, 3.8) is 0 Å². The first-order valence-corrected chi connectivity index (χ1v) is 6.19. The fourth-order valence-corrected chi connectivity index (χ4v) is 1.93. The van der Waals surface area contributed by atoms with Crippen LogP contribution in [0.15, 0.2) is 22.7 Å². The van der Waals surface area contributed by atoms with Crippen molar-refractivity contribution in [2.45, 2.75) is 32.4 Å². The molecule has 1 aromatic rings. The third kappa shape index (κ3) is 3.54. The van der Waals surface area contributed by atoms with Crippen LogP contribution in [0.1, 0.15) is 31.9 Å². The van der Waals surface area contributed by atoms with Gasteiger partial charge in [-0.15, -0.1) is 0 Å². The molecule has 0 heterocycles. The van der Waals surface area contributed by atoms with Crippen molar-refractivity contribution in [1.82, 2.24) is 5.32 Å². The van der Waals surface area contributed by atoms with Crippen molar-refractivity contribution in [2.75, 3.05) is 6.61 Å². The van der Waals surface area contributed by atoms with Gasteiger partial charge in [-0.3, -0.25) is 0 Å². The molecule has 0 fully saturated rings. The maximum atomic E-state index is 13.6. The summed E-state index contributed by atoms with van der Waals surface area (Å²) in [5.41, 5.74) is 0.620. The van der Waals surface area contributed by atoms with Gasteiger partial charge in [-0.25, -0.2) is 4.39 Å². The molecule has 1 unspecified atom stereocenters. The van der Waals surface area contributed by atoms with Gasteiger partial charge in [-0.1, -0.05) is 28.9 Å². The number of aliphatic hydroxyl groups excluding tert-OH is 1. The fraction of sp³-hybridized carbons (Fsp3) is 0.500. The number of halogens is 2. The Kier molecular flexibility index (Phi) is 5.38. The van der Waals surface area contributed by atoms with E-state index in [1.54, 1.807) is 6.07 Å². The maximum Gasteiger partial charge on any atom is 0.129 e. The lowest BCUT2D eigenvalue weighted by Gasteiger charge is -2.21. The molecule has 0 amide bonds. The molecule has 0 saturated carbocycles. The minimum absolute atomic E-state index is 0.0121. The number of benzene rings is 1. The van der Waals surface area contributed by atoms with Gasteiger partial charge in [0.2, 0.25) is 0 Å². The van der Waals surface area contributed by atoms with E-state index in [2.05, 4.69) is 21.2 Å². The van der Waals surface area contributed by atoms with Gasteiger partial charge in [0.15, 0.2) is 0 Å². The van der Waals surface area contributed by atoms with Crippen molar-refractivity contribution < 1.29 is 9.50 Å². The first kappa shape index (κ1) is 13.6. The largest absolute Gasteiger partial charge is 0.395 e. The lowest BCUT2D eigenvalue weighted by molar-refractivity contribution is 0.229. The molecule has 1 aromatic carbocycles. The van der Waals surface area contributed by atoms with Gasteiger partial charge in [0.05, 0.1) is 6.61 Å². The van der Waals surface area contributed by atoms with Crippen LogP contribution in [-0.4, -0.2) is 17.8 Å². The Morgan fingerprint density at radius 2 is 2.19 bits per heavy atom. The Balaban J connectivity index is 2.76. The van der Waals surface area contributed by atoms with Crippen LogP contribution in [0.5, 0.6) is 0 Å². The lowest BCUT2D eigenvalue weighted by atomic mass is 10.1. The molecule has 0 saturated heterocycles. The SMILES string of the molecule is CC[C@@H](CO)NC(C)c1ccc(Br)cc1F. The summed E-state index contributed by atoms with van der Waals surface area (Å²) in [5, 5.41) is 12.3. The zero-order chi connectivity index (χ0) is 12.1. The van der Waals surface area contributed by atoms with Crippen LogP contribution in [0.25, 0.3) is 0 Å². The fourth-order valence-electron chi connectivity index (χ4n) is 1.60. The zero-order valence-electron chi connectivity index (χ0n) is 9.50. The van der Waals surface area contributed by atoms with Crippen molar-refractivity contribution in [3.05, 3.63) is 34.1 Å². The van der Waals surface area contributed by atoms with Crippen LogP contribution < -0.4 is 5.32 Å². The summed E-state index contributed by atoms with van der Waals surface area (Å²) in [5.74, 6) is -0.234. The van der Waals surface area contributed by atoms with E-state index in [1.807, 2.05) is 19.9 Å². The number of hydrogen-bond donors (Lipinski definition) is 2. The number of hydrogen-bond acceptors (Lipinski definition) is 2. The lowest BCUT2D eigenvalue weighted by Crippen LogP contribution is -2.34. The van der Waals surface area contributed by atoms with E-state index in [-0.39, 0.29) is 24.5 Å². The molecule has 2 nitrogen and oxygen atoms in total. The Hall–Kier alpha value is -0.450. The van der Waals surface area contributed by atoms with E-state index in [9.17, 15) is 4.39 Å². The molecule has 0 bridgehead atoms. The van der Waals surface area contributed by atoms with Crippen molar-refractivity contribution in [2.24, 2.45) is 0 Å². The summed E-state index contributed by atoms with van der Waals surface area (Å²) in [7, 11) is 0. The van der Waals surface area contributed by atoms with Crippen LogP contribution in [0, 0.1) is 5.82 Å². The molecular weight excluding hydrogens is 273 g/mol. The number of aliphatic hydroxyl groups is 1. The molecule has 0 aliphatic carbocycles. The zero-order valence-corrected chi connectivity index (χ0v) is 11.1. The minimum Gasteiger partial charge on any atom is -0.395 e. The summed E-state index contributed by atoms with van der Waals surface area (Å²) in [6.45, 7) is 3.95. The second-order valence-corrected chi connectivity index (χ2v) is 4.76. The van der Waals surface area contributed by atoms with Gasteiger partial charge in [-0.05, 0) is 25.5 Å². The van der Waals surface area contributed by atoms with Gasteiger partial charge in [0, 0.05) is 22.1 Å². The average molecular weight is 290 g/mol. The highest BCUT2D eigenvalue weighted by Crippen LogP contribution is 2.21. The van der Waals surface area contributed by atoms with E-state index < -0.39 is 0 Å². The number of rotatable bonds is 5. The Morgan fingerprint density at radius 3 is 2.69 bits per heavy atom. The molecule has 2 N–H and O–H groups in total. The summed E-state index contributed by atoms with van der Waals surface area (Å²) >= 11 is 3.22. The van der Waals surface area contributed by atoms with E-state index in [1.165, 1.54) is 6.07 Å². The molecular formula is C12H17BrFNO. The molecule has 0 spiro atoms. The highest BCUT2D eigenvalue weighted by Gasteiger charge is 2.14. The van der Waals surface area contributed by atoms with E-state index in [0.717, 1.165) is 10.9 Å². The van der Waals surface area contributed by atoms with Crippen molar-refractivity contribution in [3.8, 4) is 0 Å². The molecule has 0 aliphatic rings. The van der Waals surface area contributed by atoms with Crippen LogP contribution >= 0.6 is 15.9 Å². The molecule has 2 atom stereocenters. The topological polar surface area (TPSA) is 32.3 Å². The predicted molar refractivity (Wildman–Crippen MR) is 66.8 cm³/mol. The molecule has 0 radical (unpaired) electrons. The first-order valence-electron chi connectivity index (χ1n) is 5.40. The van der Waals surface area contributed by atoms with Crippen LogP contribution in [0.2, 0.25) is 0 Å². The third-order valence-electron chi connectivity index (χ3n) is 2.63. The molecule has 4 heteroatoms. The Labute approximate surface area is 104 Å². The van der Waals surface area contributed by atoms with E-state index >= 15 is 0 Å². The normalized spacial score (nSPS) is 14.8. The second kappa shape index (κ2) is 6.33. The molecule has 16 heavy (non-hydrogen) atoms. The molecule has 90 valence electrons. The average Bonchev–Trinajstić information content (AvgIpc) is 2.25. The third-order valence-corrected chi connectivity index (χ3v) is 3.12. The Morgan fingerprint density at radius 1 is 1.50 bits per heavy atom. The monoisotopic (exact) mass is 289 g/mol. The van der Waals surface area contributed by atoms with Gasteiger partial charge in [0.25, 0.3) is 0 Å². The highest BCUT2D eigenvalue weighted by molar-refractivity contribution is 9.10.